The first kappa shape index (κ1) is 14.6. The monoisotopic (exact) mass is 298 g/mol. The van der Waals surface area contributed by atoms with E-state index >= 15 is 0 Å². The summed E-state index contributed by atoms with van der Waals surface area (Å²) in [6, 6.07) is 5.20. The second-order valence-electron chi connectivity index (χ2n) is 5.24. The van der Waals surface area contributed by atoms with Crippen molar-refractivity contribution in [1.29, 1.82) is 0 Å². The Morgan fingerprint density at radius 1 is 1.50 bits per heavy atom. The first-order valence-electron chi connectivity index (χ1n) is 6.30. The second-order valence-corrected chi connectivity index (χ2v) is 7.38. The number of amides is 1. The SMILES string of the molecule is CS(=O)(=O)Cc1cc(N)ccc1C1CCN(C(=O)O)C1. The molecule has 1 heterocycles. The van der Waals surface area contributed by atoms with E-state index in [4.69, 9.17) is 10.8 Å². The summed E-state index contributed by atoms with van der Waals surface area (Å²) in [6.07, 6.45) is 0.943. The van der Waals surface area contributed by atoms with Crippen molar-refractivity contribution in [2.24, 2.45) is 0 Å². The van der Waals surface area contributed by atoms with Crippen LogP contribution in [-0.4, -0.2) is 43.9 Å². The molecule has 0 radical (unpaired) electrons. The molecule has 1 aromatic carbocycles. The predicted octanol–water partition coefficient (Wildman–Crippen LogP) is 1.28. The van der Waals surface area contributed by atoms with Crippen LogP contribution >= 0.6 is 0 Å². The minimum Gasteiger partial charge on any atom is -0.465 e. The van der Waals surface area contributed by atoms with Gasteiger partial charge in [0.1, 0.15) is 0 Å². The van der Waals surface area contributed by atoms with E-state index in [1.165, 1.54) is 11.2 Å². The van der Waals surface area contributed by atoms with Crippen LogP contribution in [0.1, 0.15) is 23.5 Å². The average molecular weight is 298 g/mol. The summed E-state index contributed by atoms with van der Waals surface area (Å²) in [5, 5.41) is 8.99. The summed E-state index contributed by atoms with van der Waals surface area (Å²) >= 11 is 0. The van der Waals surface area contributed by atoms with Crippen molar-refractivity contribution < 1.29 is 18.3 Å². The number of rotatable bonds is 3. The fourth-order valence-corrected chi connectivity index (χ4v) is 3.43. The predicted molar refractivity (Wildman–Crippen MR) is 76.4 cm³/mol. The summed E-state index contributed by atoms with van der Waals surface area (Å²) in [5.41, 5.74) is 7.79. The lowest BCUT2D eigenvalue weighted by Gasteiger charge is -2.16. The molecule has 6 nitrogen and oxygen atoms in total. The Balaban J connectivity index is 2.30. The first-order chi connectivity index (χ1) is 9.26. The van der Waals surface area contributed by atoms with Gasteiger partial charge in [0, 0.05) is 31.0 Å². The Labute approximate surface area is 118 Å². The molecule has 3 N–H and O–H groups in total. The molecule has 0 saturated carbocycles. The molecule has 0 spiro atoms. The molecule has 1 amide bonds. The van der Waals surface area contributed by atoms with Crippen LogP contribution in [0.4, 0.5) is 10.5 Å². The largest absolute Gasteiger partial charge is 0.465 e. The number of anilines is 1. The van der Waals surface area contributed by atoms with Crippen molar-refractivity contribution in [3.8, 4) is 0 Å². The number of nitrogens with zero attached hydrogens (tertiary/aromatic N) is 1. The molecule has 2 rings (SSSR count). The van der Waals surface area contributed by atoms with E-state index in [1.54, 1.807) is 12.1 Å². The molecule has 1 aliphatic rings. The van der Waals surface area contributed by atoms with Crippen LogP contribution in [-0.2, 0) is 15.6 Å². The number of hydrogen-bond acceptors (Lipinski definition) is 4. The number of nitrogens with two attached hydrogens (primary N) is 1. The van der Waals surface area contributed by atoms with Gasteiger partial charge in [-0.15, -0.1) is 0 Å². The Bertz CT molecular complexity index is 627. The lowest BCUT2D eigenvalue weighted by Crippen LogP contribution is -2.26. The second kappa shape index (κ2) is 5.32. The molecule has 7 heteroatoms. The van der Waals surface area contributed by atoms with Gasteiger partial charge in [-0.2, -0.15) is 0 Å². The Hall–Kier alpha value is -1.76. The van der Waals surface area contributed by atoms with Gasteiger partial charge in [-0.1, -0.05) is 6.07 Å². The Morgan fingerprint density at radius 3 is 2.75 bits per heavy atom. The third-order valence-corrected chi connectivity index (χ3v) is 4.32. The zero-order valence-corrected chi connectivity index (χ0v) is 12.1. The van der Waals surface area contributed by atoms with Crippen molar-refractivity contribution in [3.63, 3.8) is 0 Å². The van der Waals surface area contributed by atoms with Crippen molar-refractivity contribution >= 4 is 21.6 Å². The van der Waals surface area contributed by atoms with Crippen LogP contribution in [0.15, 0.2) is 18.2 Å². The fraction of sp³-hybridized carbons (Fsp3) is 0.462. The van der Waals surface area contributed by atoms with Crippen LogP contribution < -0.4 is 5.73 Å². The highest BCUT2D eigenvalue weighted by molar-refractivity contribution is 7.89. The molecular weight excluding hydrogens is 280 g/mol. The smallest absolute Gasteiger partial charge is 0.407 e. The van der Waals surface area contributed by atoms with E-state index < -0.39 is 15.9 Å². The molecule has 1 aromatic rings. The molecule has 20 heavy (non-hydrogen) atoms. The lowest BCUT2D eigenvalue weighted by molar-refractivity contribution is 0.155. The molecule has 1 saturated heterocycles. The van der Waals surface area contributed by atoms with Crippen LogP contribution in [0.5, 0.6) is 0 Å². The van der Waals surface area contributed by atoms with Gasteiger partial charge in [0.05, 0.1) is 5.75 Å². The summed E-state index contributed by atoms with van der Waals surface area (Å²) in [5.74, 6) is -0.0415. The van der Waals surface area contributed by atoms with Gasteiger partial charge in [-0.05, 0) is 29.7 Å². The highest BCUT2D eigenvalue weighted by atomic mass is 32.2. The zero-order valence-electron chi connectivity index (χ0n) is 11.2. The van der Waals surface area contributed by atoms with Crippen molar-refractivity contribution in [2.45, 2.75) is 18.1 Å². The van der Waals surface area contributed by atoms with E-state index in [-0.39, 0.29) is 11.7 Å². The van der Waals surface area contributed by atoms with E-state index in [0.717, 1.165) is 5.56 Å². The van der Waals surface area contributed by atoms with Crippen LogP contribution in [0.3, 0.4) is 0 Å². The van der Waals surface area contributed by atoms with Gasteiger partial charge >= 0.3 is 6.09 Å². The Morgan fingerprint density at radius 2 is 2.20 bits per heavy atom. The van der Waals surface area contributed by atoms with Crippen LogP contribution in [0.2, 0.25) is 0 Å². The van der Waals surface area contributed by atoms with E-state index in [1.807, 2.05) is 6.07 Å². The number of hydrogen-bond donors (Lipinski definition) is 2. The van der Waals surface area contributed by atoms with E-state index in [0.29, 0.717) is 30.8 Å². The molecule has 0 aromatic heterocycles. The van der Waals surface area contributed by atoms with Gasteiger partial charge in [0.15, 0.2) is 9.84 Å². The normalized spacial score (nSPS) is 19.2. The van der Waals surface area contributed by atoms with Gasteiger partial charge in [-0.25, -0.2) is 13.2 Å². The quantitative estimate of drug-likeness (QED) is 0.819. The van der Waals surface area contributed by atoms with Gasteiger partial charge < -0.3 is 15.7 Å². The van der Waals surface area contributed by atoms with Crippen molar-refractivity contribution in [3.05, 3.63) is 29.3 Å². The first-order valence-corrected chi connectivity index (χ1v) is 8.36. The molecule has 0 bridgehead atoms. The maximum absolute atomic E-state index is 11.5. The third kappa shape index (κ3) is 3.41. The number of benzene rings is 1. The van der Waals surface area contributed by atoms with Crippen LogP contribution in [0.25, 0.3) is 0 Å². The number of carbonyl (C=O) groups is 1. The summed E-state index contributed by atoms with van der Waals surface area (Å²) in [7, 11) is -3.16. The van der Waals surface area contributed by atoms with E-state index in [9.17, 15) is 13.2 Å². The van der Waals surface area contributed by atoms with E-state index in [2.05, 4.69) is 0 Å². The Kier molecular flexibility index (Phi) is 3.89. The molecule has 1 fully saturated rings. The summed E-state index contributed by atoms with van der Waals surface area (Å²) < 4.78 is 23.0. The summed E-state index contributed by atoms with van der Waals surface area (Å²) in [6.45, 7) is 0.874. The topological polar surface area (TPSA) is 101 Å². The molecule has 110 valence electrons. The van der Waals surface area contributed by atoms with Gasteiger partial charge in [0.2, 0.25) is 0 Å². The average Bonchev–Trinajstić information content (AvgIpc) is 2.76. The number of likely N-dealkylation sites (tertiary alicyclic amines) is 1. The summed E-state index contributed by atoms with van der Waals surface area (Å²) in [4.78, 5) is 12.3. The van der Waals surface area contributed by atoms with Gasteiger partial charge in [-0.3, -0.25) is 0 Å². The van der Waals surface area contributed by atoms with Crippen LogP contribution in [0, 0.1) is 0 Å². The minimum absolute atomic E-state index is 0.0310. The zero-order chi connectivity index (χ0) is 14.9. The van der Waals surface area contributed by atoms with Gasteiger partial charge in [0.25, 0.3) is 0 Å². The van der Waals surface area contributed by atoms with Crippen molar-refractivity contribution in [2.75, 3.05) is 25.1 Å². The third-order valence-electron chi connectivity index (χ3n) is 3.48. The standard InChI is InChI=1S/C13H18N2O4S/c1-20(18,19)8-10-6-11(14)2-3-12(10)9-4-5-15(7-9)13(16)17/h2-3,6,9H,4-5,7-8,14H2,1H3,(H,16,17). The molecule has 0 aliphatic carbocycles. The van der Waals surface area contributed by atoms with Crippen molar-refractivity contribution in [1.82, 2.24) is 4.90 Å². The minimum atomic E-state index is -3.16. The maximum Gasteiger partial charge on any atom is 0.407 e. The number of carboxylic acid groups (broad SMARTS) is 1. The highest BCUT2D eigenvalue weighted by Crippen LogP contribution is 2.31. The fourth-order valence-electron chi connectivity index (χ4n) is 2.62. The molecule has 1 unspecified atom stereocenters. The molecule has 1 aliphatic heterocycles. The molecular formula is C13H18N2O4S. The molecule has 1 atom stereocenters. The number of sulfone groups is 1. The number of nitrogen functional groups attached to an aromatic ring is 1. The maximum atomic E-state index is 11.5. The highest BCUT2D eigenvalue weighted by Gasteiger charge is 2.28. The lowest BCUT2D eigenvalue weighted by atomic mass is 9.94.